The number of aromatic nitrogens is 2. The lowest BCUT2D eigenvalue weighted by Crippen LogP contribution is -2.25. The number of nitrogens with one attached hydrogen (secondary N) is 2. The van der Waals surface area contributed by atoms with Crippen LogP contribution in [0.3, 0.4) is 0 Å². The molecule has 0 radical (unpaired) electrons. The summed E-state index contributed by atoms with van der Waals surface area (Å²) in [4.78, 5) is 0.266. The van der Waals surface area contributed by atoms with E-state index in [-0.39, 0.29) is 4.90 Å². The second-order valence-electron chi connectivity index (χ2n) is 4.44. The molecule has 1 aromatic carbocycles. The van der Waals surface area contributed by atoms with E-state index in [1.807, 2.05) is 13.2 Å². The fourth-order valence-corrected chi connectivity index (χ4v) is 2.85. The van der Waals surface area contributed by atoms with E-state index in [0.717, 1.165) is 11.3 Å². The first kappa shape index (κ1) is 14.5. The normalized spacial score (nSPS) is 11.5. The lowest BCUT2D eigenvalue weighted by Gasteiger charge is -2.07. The Labute approximate surface area is 118 Å². The molecule has 20 heavy (non-hydrogen) atoms. The molecule has 2 N–H and O–H groups in total. The van der Waals surface area contributed by atoms with Gasteiger partial charge in [0, 0.05) is 32.5 Å². The van der Waals surface area contributed by atoms with Crippen molar-refractivity contribution in [1.29, 1.82) is 0 Å². The van der Waals surface area contributed by atoms with Crippen LogP contribution in [0.2, 0.25) is 0 Å². The number of nitrogens with zero attached hydrogens (tertiary/aromatic N) is 2. The molecule has 0 fully saturated rings. The molecule has 0 amide bonds. The summed E-state index contributed by atoms with van der Waals surface area (Å²) in [6.45, 7) is 0.349. The summed E-state index contributed by atoms with van der Waals surface area (Å²) in [6, 6.07) is 6.63. The average molecular weight is 294 g/mol. The molecule has 0 spiro atoms. The molecular formula is C13H18N4O2S. The van der Waals surface area contributed by atoms with Crippen LogP contribution in [-0.4, -0.2) is 31.8 Å². The summed E-state index contributed by atoms with van der Waals surface area (Å²) in [5, 5.41) is 6.99. The molecule has 6 nitrogen and oxygen atoms in total. The molecule has 0 aliphatic heterocycles. The van der Waals surface area contributed by atoms with Gasteiger partial charge in [-0.25, -0.2) is 13.1 Å². The van der Waals surface area contributed by atoms with Crippen molar-refractivity contribution in [2.45, 2.75) is 11.3 Å². The minimum Gasteiger partial charge on any atom is -0.388 e. The van der Waals surface area contributed by atoms with Crippen molar-refractivity contribution in [2.24, 2.45) is 7.05 Å². The maximum Gasteiger partial charge on any atom is 0.240 e. The molecule has 2 rings (SSSR count). The maximum absolute atomic E-state index is 12.1. The first-order valence-corrected chi connectivity index (χ1v) is 7.74. The summed E-state index contributed by atoms with van der Waals surface area (Å²) in [5.41, 5.74) is 1.88. The maximum atomic E-state index is 12.1. The van der Waals surface area contributed by atoms with Gasteiger partial charge >= 0.3 is 0 Å². The average Bonchev–Trinajstić information content (AvgIpc) is 2.84. The van der Waals surface area contributed by atoms with Crippen molar-refractivity contribution in [3.05, 3.63) is 42.2 Å². The summed E-state index contributed by atoms with van der Waals surface area (Å²) in [5.74, 6) is 0. The third kappa shape index (κ3) is 3.58. The first-order chi connectivity index (χ1) is 9.51. The van der Waals surface area contributed by atoms with Crippen LogP contribution in [0.5, 0.6) is 0 Å². The van der Waals surface area contributed by atoms with Crippen molar-refractivity contribution >= 4 is 15.7 Å². The molecule has 0 saturated carbocycles. The van der Waals surface area contributed by atoms with Crippen LogP contribution in [0.1, 0.15) is 5.56 Å². The predicted octanol–water partition coefficient (Wildman–Crippen LogP) is 0.983. The van der Waals surface area contributed by atoms with E-state index in [1.54, 1.807) is 42.2 Å². The largest absolute Gasteiger partial charge is 0.388 e. The van der Waals surface area contributed by atoms with E-state index in [9.17, 15) is 8.42 Å². The van der Waals surface area contributed by atoms with E-state index >= 15 is 0 Å². The SMILES string of the molecule is CNc1ccc(S(=O)(=O)NCCc2cnn(C)c2)cc1. The molecular weight excluding hydrogens is 276 g/mol. The smallest absolute Gasteiger partial charge is 0.240 e. The van der Waals surface area contributed by atoms with Crippen LogP contribution in [0.25, 0.3) is 0 Å². The Bertz CT molecular complexity index is 662. The molecule has 2 aromatic rings. The Hall–Kier alpha value is -1.86. The Balaban J connectivity index is 1.96. The van der Waals surface area contributed by atoms with Crippen molar-refractivity contribution < 1.29 is 8.42 Å². The fourth-order valence-electron chi connectivity index (χ4n) is 1.81. The number of benzene rings is 1. The molecule has 1 heterocycles. The topological polar surface area (TPSA) is 76.0 Å². The number of aryl methyl sites for hydroxylation is 1. The molecule has 7 heteroatoms. The van der Waals surface area contributed by atoms with Gasteiger partial charge in [-0.15, -0.1) is 0 Å². The van der Waals surface area contributed by atoms with Crippen molar-refractivity contribution in [1.82, 2.24) is 14.5 Å². The van der Waals surface area contributed by atoms with Gasteiger partial charge in [0.05, 0.1) is 11.1 Å². The van der Waals surface area contributed by atoms with Gasteiger partial charge < -0.3 is 5.32 Å². The van der Waals surface area contributed by atoms with E-state index < -0.39 is 10.0 Å². The highest BCUT2D eigenvalue weighted by Gasteiger charge is 2.13. The van der Waals surface area contributed by atoms with Gasteiger partial charge in [0.2, 0.25) is 10.0 Å². The van der Waals surface area contributed by atoms with E-state index in [0.29, 0.717) is 13.0 Å². The van der Waals surface area contributed by atoms with E-state index in [2.05, 4.69) is 15.1 Å². The number of rotatable bonds is 6. The molecule has 0 aliphatic carbocycles. The summed E-state index contributed by atoms with van der Waals surface area (Å²) in [6.07, 6.45) is 4.22. The molecule has 108 valence electrons. The minimum atomic E-state index is -3.45. The lowest BCUT2D eigenvalue weighted by molar-refractivity contribution is 0.581. The van der Waals surface area contributed by atoms with Gasteiger partial charge in [0.15, 0.2) is 0 Å². The van der Waals surface area contributed by atoms with Crippen LogP contribution in [-0.2, 0) is 23.5 Å². The summed E-state index contributed by atoms with van der Waals surface area (Å²) < 4.78 is 28.4. The summed E-state index contributed by atoms with van der Waals surface area (Å²) in [7, 11) is 0.164. The Morgan fingerprint density at radius 3 is 2.50 bits per heavy atom. The zero-order valence-electron chi connectivity index (χ0n) is 11.5. The standard InChI is InChI=1S/C13H18N4O2S/c1-14-12-3-5-13(6-4-12)20(18,19)16-8-7-11-9-15-17(2)10-11/h3-6,9-10,14,16H,7-8H2,1-2H3. The Morgan fingerprint density at radius 2 is 1.95 bits per heavy atom. The first-order valence-electron chi connectivity index (χ1n) is 6.26. The highest BCUT2D eigenvalue weighted by Crippen LogP contribution is 2.13. The van der Waals surface area contributed by atoms with Gasteiger partial charge in [0.1, 0.15) is 0 Å². The van der Waals surface area contributed by atoms with Crippen LogP contribution in [0.15, 0.2) is 41.6 Å². The molecule has 1 aromatic heterocycles. The van der Waals surface area contributed by atoms with Gasteiger partial charge in [-0.1, -0.05) is 0 Å². The lowest BCUT2D eigenvalue weighted by atomic mass is 10.3. The molecule has 0 unspecified atom stereocenters. The van der Waals surface area contributed by atoms with E-state index in [1.165, 1.54) is 0 Å². The zero-order valence-corrected chi connectivity index (χ0v) is 12.3. The van der Waals surface area contributed by atoms with Gasteiger partial charge in [-0.2, -0.15) is 5.10 Å². The van der Waals surface area contributed by atoms with Gasteiger partial charge in [-0.05, 0) is 36.2 Å². The number of hydrogen-bond donors (Lipinski definition) is 2. The highest BCUT2D eigenvalue weighted by molar-refractivity contribution is 7.89. The molecule has 0 aliphatic rings. The quantitative estimate of drug-likeness (QED) is 0.833. The third-order valence-corrected chi connectivity index (χ3v) is 4.39. The second kappa shape index (κ2) is 6.06. The Morgan fingerprint density at radius 1 is 1.25 bits per heavy atom. The van der Waals surface area contributed by atoms with Crippen LogP contribution < -0.4 is 10.0 Å². The molecule has 0 saturated heterocycles. The van der Waals surface area contributed by atoms with Crippen molar-refractivity contribution in [3.63, 3.8) is 0 Å². The zero-order chi connectivity index (χ0) is 14.6. The Kier molecular flexibility index (Phi) is 4.41. The van der Waals surface area contributed by atoms with Gasteiger partial charge in [0.25, 0.3) is 0 Å². The van der Waals surface area contributed by atoms with Crippen LogP contribution in [0.4, 0.5) is 5.69 Å². The van der Waals surface area contributed by atoms with Crippen LogP contribution in [0, 0.1) is 0 Å². The molecule has 0 atom stereocenters. The van der Waals surface area contributed by atoms with Crippen molar-refractivity contribution in [3.8, 4) is 0 Å². The highest BCUT2D eigenvalue weighted by atomic mass is 32.2. The van der Waals surface area contributed by atoms with E-state index in [4.69, 9.17) is 0 Å². The van der Waals surface area contributed by atoms with Crippen LogP contribution >= 0.6 is 0 Å². The number of hydrogen-bond acceptors (Lipinski definition) is 4. The molecule has 0 bridgehead atoms. The third-order valence-electron chi connectivity index (χ3n) is 2.92. The number of anilines is 1. The fraction of sp³-hybridized carbons (Fsp3) is 0.308. The summed E-state index contributed by atoms with van der Waals surface area (Å²) >= 11 is 0. The van der Waals surface area contributed by atoms with Gasteiger partial charge in [-0.3, -0.25) is 4.68 Å². The monoisotopic (exact) mass is 294 g/mol. The minimum absolute atomic E-state index is 0.266. The van der Waals surface area contributed by atoms with Crippen molar-refractivity contribution in [2.75, 3.05) is 18.9 Å². The predicted molar refractivity (Wildman–Crippen MR) is 78.1 cm³/mol. The number of sulfonamides is 1. The second-order valence-corrected chi connectivity index (χ2v) is 6.21.